The molecule has 1 heterocycles. The third-order valence-corrected chi connectivity index (χ3v) is 4.54. The Hall–Kier alpha value is -2.24. The SMILES string of the molecule is CCCCOc1cc(OCCC)ccc1C(=O)N1CCC(C(=O)O)CC1. The van der Waals surface area contributed by atoms with Crippen molar-refractivity contribution in [1.82, 2.24) is 4.90 Å². The average Bonchev–Trinajstić information content (AvgIpc) is 2.66. The zero-order valence-corrected chi connectivity index (χ0v) is 15.7. The first-order valence-corrected chi connectivity index (χ1v) is 9.48. The smallest absolute Gasteiger partial charge is 0.306 e. The summed E-state index contributed by atoms with van der Waals surface area (Å²) in [6.45, 7) is 6.20. The van der Waals surface area contributed by atoms with Crippen molar-refractivity contribution in [2.45, 2.75) is 46.0 Å². The second-order valence-corrected chi connectivity index (χ2v) is 6.61. The predicted molar refractivity (Wildman–Crippen MR) is 98.9 cm³/mol. The number of rotatable bonds is 9. The summed E-state index contributed by atoms with van der Waals surface area (Å²) >= 11 is 0. The van der Waals surface area contributed by atoms with Gasteiger partial charge in [0.25, 0.3) is 5.91 Å². The number of hydrogen-bond donors (Lipinski definition) is 1. The molecule has 1 amide bonds. The summed E-state index contributed by atoms with van der Waals surface area (Å²) in [6.07, 6.45) is 3.82. The van der Waals surface area contributed by atoms with Crippen molar-refractivity contribution in [1.29, 1.82) is 0 Å². The first-order chi connectivity index (χ1) is 12.6. The van der Waals surface area contributed by atoms with E-state index in [1.54, 1.807) is 23.1 Å². The molecule has 1 aromatic carbocycles. The molecule has 0 unspecified atom stereocenters. The van der Waals surface area contributed by atoms with Crippen molar-refractivity contribution >= 4 is 11.9 Å². The number of unbranched alkanes of at least 4 members (excludes halogenated alkanes) is 1. The van der Waals surface area contributed by atoms with E-state index >= 15 is 0 Å². The van der Waals surface area contributed by atoms with E-state index in [1.165, 1.54) is 0 Å². The number of carboxylic acid groups (broad SMARTS) is 1. The summed E-state index contributed by atoms with van der Waals surface area (Å²) in [5.41, 5.74) is 0.513. The zero-order chi connectivity index (χ0) is 18.9. The van der Waals surface area contributed by atoms with Crippen LogP contribution >= 0.6 is 0 Å². The number of carboxylic acids is 1. The number of likely N-dealkylation sites (tertiary alicyclic amines) is 1. The molecular formula is C20H29NO5. The van der Waals surface area contributed by atoms with Gasteiger partial charge in [-0.05, 0) is 37.8 Å². The molecule has 0 bridgehead atoms. The first-order valence-electron chi connectivity index (χ1n) is 9.48. The van der Waals surface area contributed by atoms with Crippen LogP contribution in [-0.2, 0) is 4.79 Å². The molecule has 6 nitrogen and oxygen atoms in total. The maximum atomic E-state index is 12.9. The van der Waals surface area contributed by atoms with Crippen LogP contribution in [0.5, 0.6) is 11.5 Å². The molecule has 1 aliphatic heterocycles. The number of nitrogens with zero attached hydrogens (tertiary/aromatic N) is 1. The minimum absolute atomic E-state index is 0.109. The molecule has 1 saturated heterocycles. The first kappa shape index (κ1) is 20.1. The lowest BCUT2D eigenvalue weighted by Gasteiger charge is -2.30. The van der Waals surface area contributed by atoms with Gasteiger partial charge in [0.15, 0.2) is 0 Å². The largest absolute Gasteiger partial charge is 0.493 e. The second kappa shape index (κ2) is 10.0. The lowest BCUT2D eigenvalue weighted by molar-refractivity contribution is -0.143. The van der Waals surface area contributed by atoms with Gasteiger partial charge < -0.3 is 19.5 Å². The van der Waals surface area contributed by atoms with Crippen LogP contribution in [0.25, 0.3) is 0 Å². The van der Waals surface area contributed by atoms with Gasteiger partial charge in [-0.25, -0.2) is 0 Å². The van der Waals surface area contributed by atoms with Crippen molar-refractivity contribution in [2.24, 2.45) is 5.92 Å². The topological polar surface area (TPSA) is 76.1 Å². The number of aliphatic carboxylic acids is 1. The fourth-order valence-electron chi connectivity index (χ4n) is 2.93. The van der Waals surface area contributed by atoms with Crippen LogP contribution in [0, 0.1) is 5.92 Å². The van der Waals surface area contributed by atoms with Gasteiger partial charge in [-0.2, -0.15) is 0 Å². The highest BCUT2D eigenvalue weighted by atomic mass is 16.5. The van der Waals surface area contributed by atoms with Gasteiger partial charge in [-0.1, -0.05) is 20.3 Å². The molecule has 1 fully saturated rings. The van der Waals surface area contributed by atoms with Crippen LogP contribution < -0.4 is 9.47 Å². The fourth-order valence-corrected chi connectivity index (χ4v) is 2.93. The van der Waals surface area contributed by atoms with Crippen LogP contribution in [-0.4, -0.2) is 48.2 Å². The summed E-state index contributed by atoms with van der Waals surface area (Å²) in [5, 5.41) is 9.11. The van der Waals surface area contributed by atoms with Crippen LogP contribution in [0.4, 0.5) is 0 Å². The molecule has 0 radical (unpaired) electrons. The van der Waals surface area contributed by atoms with Gasteiger partial charge >= 0.3 is 5.97 Å². The van der Waals surface area contributed by atoms with Crippen LogP contribution in [0.2, 0.25) is 0 Å². The molecule has 0 aliphatic carbocycles. The normalized spacial score (nSPS) is 14.9. The number of carbonyl (C=O) groups excluding carboxylic acids is 1. The Balaban J connectivity index is 2.12. The summed E-state index contributed by atoms with van der Waals surface area (Å²) in [5.74, 6) is -0.0125. The Kier molecular flexibility index (Phi) is 7.75. The number of ether oxygens (including phenoxy) is 2. The van der Waals surface area contributed by atoms with Crippen molar-refractivity contribution in [3.8, 4) is 11.5 Å². The van der Waals surface area contributed by atoms with Gasteiger partial charge in [0.1, 0.15) is 11.5 Å². The Labute approximate surface area is 155 Å². The van der Waals surface area contributed by atoms with Gasteiger partial charge in [0.05, 0.1) is 24.7 Å². The van der Waals surface area contributed by atoms with Gasteiger partial charge in [0.2, 0.25) is 0 Å². The Morgan fingerprint density at radius 3 is 2.46 bits per heavy atom. The van der Waals surface area contributed by atoms with E-state index in [0.29, 0.717) is 56.2 Å². The molecule has 0 saturated carbocycles. The molecule has 1 aliphatic rings. The average molecular weight is 363 g/mol. The number of piperidine rings is 1. The summed E-state index contributed by atoms with van der Waals surface area (Å²) in [4.78, 5) is 25.7. The molecule has 26 heavy (non-hydrogen) atoms. The van der Waals surface area contributed by atoms with E-state index in [1.807, 2.05) is 6.92 Å². The van der Waals surface area contributed by atoms with Gasteiger partial charge in [-0.3, -0.25) is 9.59 Å². The summed E-state index contributed by atoms with van der Waals surface area (Å²) < 4.78 is 11.5. The Bertz CT molecular complexity index is 608. The molecule has 6 heteroatoms. The number of carbonyl (C=O) groups is 2. The molecule has 1 N–H and O–H groups in total. The van der Waals surface area contributed by atoms with E-state index in [4.69, 9.17) is 14.6 Å². The summed E-state index contributed by atoms with van der Waals surface area (Å²) in [7, 11) is 0. The molecular weight excluding hydrogens is 334 g/mol. The number of amides is 1. The highest BCUT2D eigenvalue weighted by Crippen LogP contribution is 2.28. The number of hydrogen-bond acceptors (Lipinski definition) is 4. The van der Waals surface area contributed by atoms with E-state index in [2.05, 4.69) is 6.92 Å². The van der Waals surface area contributed by atoms with E-state index < -0.39 is 5.97 Å². The minimum atomic E-state index is -0.780. The van der Waals surface area contributed by atoms with Crippen LogP contribution in [0.15, 0.2) is 18.2 Å². The van der Waals surface area contributed by atoms with Crippen LogP contribution in [0.3, 0.4) is 0 Å². The second-order valence-electron chi connectivity index (χ2n) is 6.61. The minimum Gasteiger partial charge on any atom is -0.493 e. The third-order valence-electron chi connectivity index (χ3n) is 4.54. The maximum absolute atomic E-state index is 12.9. The van der Waals surface area contributed by atoms with E-state index in [-0.39, 0.29) is 11.8 Å². The third kappa shape index (κ3) is 5.38. The quantitative estimate of drug-likeness (QED) is 0.679. The van der Waals surface area contributed by atoms with E-state index in [9.17, 15) is 9.59 Å². The molecule has 144 valence electrons. The highest BCUT2D eigenvalue weighted by molar-refractivity contribution is 5.97. The van der Waals surface area contributed by atoms with E-state index in [0.717, 1.165) is 19.3 Å². The van der Waals surface area contributed by atoms with Gasteiger partial charge in [-0.15, -0.1) is 0 Å². The Morgan fingerprint density at radius 1 is 1.12 bits per heavy atom. The fraction of sp³-hybridized carbons (Fsp3) is 0.600. The molecule has 1 aromatic rings. The van der Waals surface area contributed by atoms with Crippen molar-refractivity contribution in [3.05, 3.63) is 23.8 Å². The highest BCUT2D eigenvalue weighted by Gasteiger charge is 2.28. The van der Waals surface area contributed by atoms with Crippen molar-refractivity contribution < 1.29 is 24.2 Å². The van der Waals surface area contributed by atoms with Crippen molar-refractivity contribution in [3.63, 3.8) is 0 Å². The summed E-state index contributed by atoms with van der Waals surface area (Å²) in [6, 6.07) is 5.32. The monoisotopic (exact) mass is 363 g/mol. The Morgan fingerprint density at radius 2 is 1.85 bits per heavy atom. The van der Waals surface area contributed by atoms with Crippen LogP contribution in [0.1, 0.15) is 56.3 Å². The molecule has 0 spiro atoms. The zero-order valence-electron chi connectivity index (χ0n) is 15.7. The van der Waals surface area contributed by atoms with Crippen molar-refractivity contribution in [2.75, 3.05) is 26.3 Å². The standard InChI is InChI=1S/C20H29NO5/c1-3-5-13-26-18-14-16(25-12-4-2)6-7-17(18)19(22)21-10-8-15(9-11-21)20(23)24/h6-7,14-15H,3-5,8-13H2,1-2H3,(H,23,24). The predicted octanol–water partition coefficient (Wildman–Crippen LogP) is 3.59. The molecule has 2 rings (SSSR count). The maximum Gasteiger partial charge on any atom is 0.306 e. The number of benzene rings is 1. The van der Waals surface area contributed by atoms with Gasteiger partial charge in [0, 0.05) is 19.2 Å². The lowest BCUT2D eigenvalue weighted by Crippen LogP contribution is -2.40. The molecule has 0 aromatic heterocycles. The molecule has 0 atom stereocenters. The lowest BCUT2D eigenvalue weighted by atomic mass is 9.96.